The average molecular weight is 294 g/mol. The SMILES string of the molecule is CC(OC(=O)c1ccc(N(C)C)c(N)c1)C(=O)NC(N)=O. The van der Waals surface area contributed by atoms with Crippen molar-refractivity contribution < 1.29 is 19.1 Å². The van der Waals surface area contributed by atoms with Crippen molar-refractivity contribution in [3.8, 4) is 0 Å². The molecule has 114 valence electrons. The largest absolute Gasteiger partial charge is 0.449 e. The molecule has 0 aliphatic rings. The van der Waals surface area contributed by atoms with E-state index in [1.807, 2.05) is 19.4 Å². The van der Waals surface area contributed by atoms with Crippen molar-refractivity contribution in [2.24, 2.45) is 5.73 Å². The molecule has 0 saturated heterocycles. The fourth-order valence-corrected chi connectivity index (χ4v) is 1.59. The van der Waals surface area contributed by atoms with E-state index in [-0.39, 0.29) is 5.56 Å². The van der Waals surface area contributed by atoms with Crippen LogP contribution in [0.3, 0.4) is 0 Å². The number of benzene rings is 1. The van der Waals surface area contributed by atoms with Gasteiger partial charge in [0.15, 0.2) is 6.10 Å². The van der Waals surface area contributed by atoms with E-state index >= 15 is 0 Å². The first-order valence-electron chi connectivity index (χ1n) is 6.10. The summed E-state index contributed by atoms with van der Waals surface area (Å²) in [4.78, 5) is 35.6. The number of carbonyl (C=O) groups excluding carboxylic acids is 3. The predicted octanol–water partition coefficient (Wildman–Crippen LogP) is 0.0750. The number of nitrogen functional groups attached to an aromatic ring is 1. The summed E-state index contributed by atoms with van der Waals surface area (Å²) in [6, 6.07) is 3.64. The van der Waals surface area contributed by atoms with E-state index in [4.69, 9.17) is 16.2 Å². The molecule has 1 aromatic rings. The van der Waals surface area contributed by atoms with Crippen LogP contribution in [-0.4, -0.2) is 38.1 Å². The van der Waals surface area contributed by atoms with Crippen LogP contribution < -0.4 is 21.7 Å². The van der Waals surface area contributed by atoms with Gasteiger partial charge < -0.3 is 21.1 Å². The van der Waals surface area contributed by atoms with Crippen LogP contribution in [0, 0.1) is 0 Å². The third-order valence-corrected chi connectivity index (χ3v) is 2.64. The number of anilines is 2. The highest BCUT2D eigenvalue weighted by Crippen LogP contribution is 2.22. The lowest BCUT2D eigenvalue weighted by molar-refractivity contribution is -0.127. The number of hydrogen-bond donors (Lipinski definition) is 3. The minimum absolute atomic E-state index is 0.205. The lowest BCUT2D eigenvalue weighted by Gasteiger charge is -2.16. The third kappa shape index (κ3) is 4.37. The Bertz CT molecular complexity index is 571. The van der Waals surface area contributed by atoms with E-state index in [1.54, 1.807) is 11.0 Å². The predicted molar refractivity (Wildman–Crippen MR) is 77.8 cm³/mol. The van der Waals surface area contributed by atoms with Gasteiger partial charge in [-0.2, -0.15) is 0 Å². The van der Waals surface area contributed by atoms with Gasteiger partial charge in [-0.05, 0) is 25.1 Å². The molecule has 0 aliphatic carbocycles. The molecule has 0 fully saturated rings. The first kappa shape index (κ1) is 16.3. The Morgan fingerprint density at radius 2 is 1.90 bits per heavy atom. The van der Waals surface area contributed by atoms with E-state index in [2.05, 4.69) is 0 Å². The number of amides is 3. The van der Waals surface area contributed by atoms with E-state index in [1.165, 1.54) is 19.1 Å². The number of ether oxygens (including phenoxy) is 1. The topological polar surface area (TPSA) is 128 Å². The second-order valence-corrected chi connectivity index (χ2v) is 4.57. The molecule has 0 aromatic heterocycles. The maximum atomic E-state index is 11.9. The van der Waals surface area contributed by atoms with E-state index in [9.17, 15) is 14.4 Å². The van der Waals surface area contributed by atoms with Crippen LogP contribution in [0.2, 0.25) is 0 Å². The quantitative estimate of drug-likeness (QED) is 0.532. The molecule has 1 unspecified atom stereocenters. The van der Waals surface area contributed by atoms with Crippen LogP contribution in [0.5, 0.6) is 0 Å². The van der Waals surface area contributed by atoms with Crippen LogP contribution in [0.15, 0.2) is 18.2 Å². The Morgan fingerprint density at radius 1 is 1.29 bits per heavy atom. The molecule has 1 aromatic carbocycles. The summed E-state index contributed by atoms with van der Waals surface area (Å²) >= 11 is 0. The highest BCUT2D eigenvalue weighted by Gasteiger charge is 2.20. The molecule has 8 heteroatoms. The number of nitrogens with two attached hydrogens (primary N) is 2. The van der Waals surface area contributed by atoms with E-state index < -0.39 is 24.0 Å². The highest BCUT2D eigenvalue weighted by atomic mass is 16.5. The molecule has 3 amide bonds. The summed E-state index contributed by atoms with van der Waals surface area (Å²) in [5.41, 5.74) is 12.0. The zero-order valence-electron chi connectivity index (χ0n) is 12.0. The van der Waals surface area contributed by atoms with Gasteiger partial charge in [0.1, 0.15) is 0 Å². The van der Waals surface area contributed by atoms with Crippen molar-refractivity contribution >= 4 is 29.3 Å². The molecule has 0 radical (unpaired) electrons. The fourth-order valence-electron chi connectivity index (χ4n) is 1.59. The van der Waals surface area contributed by atoms with Gasteiger partial charge in [-0.25, -0.2) is 9.59 Å². The average Bonchev–Trinajstić information content (AvgIpc) is 2.36. The number of rotatable bonds is 4. The maximum Gasteiger partial charge on any atom is 0.338 e. The second kappa shape index (κ2) is 6.60. The molecule has 0 saturated carbocycles. The second-order valence-electron chi connectivity index (χ2n) is 4.57. The van der Waals surface area contributed by atoms with E-state index in [0.717, 1.165) is 5.69 Å². The smallest absolute Gasteiger partial charge is 0.338 e. The van der Waals surface area contributed by atoms with Crippen molar-refractivity contribution in [1.29, 1.82) is 0 Å². The summed E-state index contributed by atoms with van der Waals surface area (Å²) in [5, 5.41) is 1.83. The third-order valence-electron chi connectivity index (χ3n) is 2.64. The number of nitrogens with zero attached hydrogens (tertiary/aromatic N) is 1. The molecule has 21 heavy (non-hydrogen) atoms. The molecule has 5 N–H and O–H groups in total. The number of carbonyl (C=O) groups is 3. The summed E-state index contributed by atoms with van der Waals surface area (Å²) in [6.45, 7) is 1.33. The van der Waals surface area contributed by atoms with Crippen LogP contribution in [0.4, 0.5) is 16.2 Å². The van der Waals surface area contributed by atoms with Crippen molar-refractivity contribution in [3.63, 3.8) is 0 Å². The zero-order chi connectivity index (χ0) is 16.2. The van der Waals surface area contributed by atoms with Crippen molar-refractivity contribution in [3.05, 3.63) is 23.8 Å². The lowest BCUT2D eigenvalue weighted by atomic mass is 10.1. The summed E-state index contributed by atoms with van der Waals surface area (Å²) in [7, 11) is 3.64. The fraction of sp³-hybridized carbons (Fsp3) is 0.308. The van der Waals surface area contributed by atoms with Gasteiger partial charge >= 0.3 is 12.0 Å². The van der Waals surface area contributed by atoms with Gasteiger partial charge in [-0.15, -0.1) is 0 Å². The van der Waals surface area contributed by atoms with Crippen LogP contribution in [0.1, 0.15) is 17.3 Å². The molecule has 8 nitrogen and oxygen atoms in total. The van der Waals surface area contributed by atoms with Crippen molar-refractivity contribution in [2.75, 3.05) is 24.7 Å². The number of urea groups is 1. The summed E-state index contributed by atoms with van der Waals surface area (Å²) in [6.07, 6.45) is -1.15. The molecule has 0 spiro atoms. The first-order chi connectivity index (χ1) is 9.72. The van der Waals surface area contributed by atoms with Crippen LogP contribution >= 0.6 is 0 Å². The first-order valence-corrected chi connectivity index (χ1v) is 6.10. The summed E-state index contributed by atoms with van der Waals surface area (Å²) in [5.74, 6) is -1.52. The van der Waals surface area contributed by atoms with Crippen LogP contribution in [-0.2, 0) is 9.53 Å². The van der Waals surface area contributed by atoms with Crippen molar-refractivity contribution in [1.82, 2.24) is 5.32 Å². The lowest BCUT2D eigenvalue weighted by Crippen LogP contribution is -2.42. The molecular formula is C13H18N4O4. The Balaban J connectivity index is 2.78. The van der Waals surface area contributed by atoms with Gasteiger partial charge in [0.2, 0.25) is 0 Å². The van der Waals surface area contributed by atoms with Gasteiger partial charge in [0.05, 0.1) is 16.9 Å². The number of esters is 1. The minimum Gasteiger partial charge on any atom is -0.449 e. The molecule has 1 rings (SSSR count). The molecule has 0 bridgehead atoms. The number of primary amides is 1. The molecule has 0 aliphatic heterocycles. The standard InChI is InChI=1S/C13H18N4O4/c1-7(11(18)16-13(15)20)21-12(19)8-4-5-10(17(2)3)9(14)6-8/h4-7H,14H2,1-3H3,(H3,15,16,18,20). The number of nitrogens with one attached hydrogen (secondary N) is 1. The summed E-state index contributed by atoms with van der Waals surface area (Å²) < 4.78 is 4.93. The maximum absolute atomic E-state index is 11.9. The highest BCUT2D eigenvalue weighted by molar-refractivity contribution is 5.98. The van der Waals surface area contributed by atoms with Crippen LogP contribution in [0.25, 0.3) is 0 Å². The Kier molecular flexibility index (Phi) is 5.12. The molecule has 1 atom stereocenters. The molecule has 0 heterocycles. The number of hydrogen-bond acceptors (Lipinski definition) is 6. The Morgan fingerprint density at radius 3 is 2.38 bits per heavy atom. The normalized spacial score (nSPS) is 11.4. The number of imide groups is 1. The van der Waals surface area contributed by atoms with Gasteiger partial charge in [0.25, 0.3) is 5.91 Å². The van der Waals surface area contributed by atoms with Crippen molar-refractivity contribution in [2.45, 2.75) is 13.0 Å². The van der Waals surface area contributed by atoms with E-state index in [0.29, 0.717) is 5.69 Å². The van der Waals surface area contributed by atoms with Gasteiger partial charge in [-0.1, -0.05) is 0 Å². The van der Waals surface area contributed by atoms with Gasteiger partial charge in [-0.3, -0.25) is 10.1 Å². The zero-order valence-corrected chi connectivity index (χ0v) is 12.0. The minimum atomic E-state index is -1.15. The Hall–Kier alpha value is -2.77. The van der Waals surface area contributed by atoms with Gasteiger partial charge in [0, 0.05) is 14.1 Å². The monoisotopic (exact) mass is 294 g/mol. The Labute approximate surface area is 122 Å². The molecular weight excluding hydrogens is 276 g/mol.